The second-order valence-electron chi connectivity index (χ2n) is 4.94. The average Bonchev–Trinajstić information content (AvgIpc) is 2.17. The molecule has 0 atom stereocenters. The molecule has 0 fully saturated rings. The maximum Gasteiger partial charge on any atom is 0.150 e. The summed E-state index contributed by atoms with van der Waals surface area (Å²) in [5.74, 6) is 6.04. The van der Waals surface area contributed by atoms with Crippen LogP contribution < -0.4 is 10.7 Å². The van der Waals surface area contributed by atoms with Crippen LogP contribution in [-0.2, 0) is 11.8 Å². The van der Waals surface area contributed by atoms with Crippen LogP contribution >= 0.6 is 0 Å². The van der Waals surface area contributed by atoms with Crippen molar-refractivity contribution in [2.45, 2.75) is 46.0 Å². The molecule has 0 aliphatic carbocycles. The van der Waals surface area contributed by atoms with Crippen LogP contribution in [0.3, 0.4) is 0 Å². The molecule has 2 N–H and O–H groups in total. The van der Waals surface area contributed by atoms with Crippen LogP contribution in [0.15, 0.2) is 18.2 Å². The zero-order chi connectivity index (χ0) is 11.5. The van der Waals surface area contributed by atoms with E-state index >= 15 is 0 Å². The minimum absolute atomic E-state index is 0.176. The lowest BCUT2D eigenvalue weighted by Crippen LogP contribution is -2.12. The molecule has 0 radical (unpaired) electrons. The Labute approximate surface area is 92.4 Å². The monoisotopic (exact) mass is 207 g/mol. The van der Waals surface area contributed by atoms with Gasteiger partial charge in [0, 0.05) is 0 Å². The van der Waals surface area contributed by atoms with Gasteiger partial charge in [0.05, 0.1) is 0 Å². The zero-order valence-corrected chi connectivity index (χ0v) is 10.1. The van der Waals surface area contributed by atoms with E-state index in [2.05, 4.69) is 39.8 Å². The third-order valence-corrected chi connectivity index (χ3v) is 2.57. The SMILES string of the molecule is CCCc1cc(C(C)(C)C)ccc1ON. The lowest BCUT2D eigenvalue weighted by molar-refractivity contribution is 0.330. The van der Waals surface area contributed by atoms with Crippen LogP contribution in [0.1, 0.15) is 45.2 Å². The molecule has 0 heterocycles. The summed E-state index contributed by atoms with van der Waals surface area (Å²) in [5.41, 5.74) is 2.70. The van der Waals surface area contributed by atoms with Crippen molar-refractivity contribution in [1.29, 1.82) is 0 Å². The molecule has 2 nitrogen and oxygen atoms in total. The van der Waals surface area contributed by atoms with Gasteiger partial charge in [0.25, 0.3) is 0 Å². The van der Waals surface area contributed by atoms with E-state index in [1.165, 1.54) is 11.1 Å². The molecule has 0 saturated carbocycles. The van der Waals surface area contributed by atoms with Gasteiger partial charge in [-0.25, -0.2) is 0 Å². The summed E-state index contributed by atoms with van der Waals surface area (Å²) in [6.07, 6.45) is 2.11. The molecule has 0 saturated heterocycles. The highest BCUT2D eigenvalue weighted by molar-refractivity contribution is 5.39. The topological polar surface area (TPSA) is 35.2 Å². The fourth-order valence-corrected chi connectivity index (χ4v) is 1.63. The Morgan fingerprint density at radius 3 is 2.40 bits per heavy atom. The van der Waals surface area contributed by atoms with Gasteiger partial charge in [-0.2, -0.15) is 5.90 Å². The first kappa shape index (κ1) is 12.1. The molecule has 1 aromatic rings. The van der Waals surface area contributed by atoms with Gasteiger partial charge in [-0.3, -0.25) is 0 Å². The van der Waals surface area contributed by atoms with E-state index in [4.69, 9.17) is 10.7 Å². The number of rotatable bonds is 3. The van der Waals surface area contributed by atoms with Crippen LogP contribution in [0.25, 0.3) is 0 Å². The lowest BCUT2D eigenvalue weighted by Gasteiger charge is -2.20. The highest BCUT2D eigenvalue weighted by Gasteiger charge is 2.15. The van der Waals surface area contributed by atoms with Gasteiger partial charge in [-0.15, -0.1) is 0 Å². The standard InChI is InChI=1S/C13H21NO/c1-5-6-10-9-11(13(2,3)4)7-8-12(10)15-14/h7-9H,5-6,14H2,1-4H3. The number of hydrogen-bond donors (Lipinski definition) is 1. The third kappa shape index (κ3) is 2.96. The first-order chi connectivity index (χ1) is 6.99. The molecule has 1 rings (SSSR count). The smallest absolute Gasteiger partial charge is 0.150 e. The molecule has 0 amide bonds. The second-order valence-corrected chi connectivity index (χ2v) is 4.94. The predicted molar refractivity (Wildman–Crippen MR) is 64.0 cm³/mol. The van der Waals surface area contributed by atoms with Crippen molar-refractivity contribution in [3.63, 3.8) is 0 Å². The van der Waals surface area contributed by atoms with E-state index in [0.29, 0.717) is 0 Å². The summed E-state index contributed by atoms with van der Waals surface area (Å²) in [6.45, 7) is 8.78. The van der Waals surface area contributed by atoms with Crippen molar-refractivity contribution in [2.75, 3.05) is 0 Å². The lowest BCUT2D eigenvalue weighted by atomic mass is 9.85. The molecule has 0 spiro atoms. The normalized spacial score (nSPS) is 11.5. The molecule has 0 aliphatic rings. The zero-order valence-electron chi connectivity index (χ0n) is 10.1. The molecule has 0 aliphatic heterocycles. The maximum absolute atomic E-state index is 5.24. The third-order valence-electron chi connectivity index (χ3n) is 2.57. The van der Waals surface area contributed by atoms with Crippen molar-refractivity contribution >= 4 is 0 Å². The van der Waals surface area contributed by atoms with Gasteiger partial charge >= 0.3 is 0 Å². The van der Waals surface area contributed by atoms with E-state index in [1.807, 2.05) is 6.07 Å². The van der Waals surface area contributed by atoms with Crippen LogP contribution in [0.4, 0.5) is 0 Å². The van der Waals surface area contributed by atoms with E-state index in [1.54, 1.807) is 0 Å². The van der Waals surface area contributed by atoms with Gasteiger partial charge in [0.1, 0.15) is 5.75 Å². The largest absolute Gasteiger partial charge is 0.411 e. The highest BCUT2D eigenvalue weighted by atomic mass is 16.6. The molecular weight excluding hydrogens is 186 g/mol. The first-order valence-electron chi connectivity index (χ1n) is 5.49. The molecule has 0 unspecified atom stereocenters. The van der Waals surface area contributed by atoms with Crippen molar-refractivity contribution < 1.29 is 4.84 Å². The number of benzene rings is 1. The van der Waals surface area contributed by atoms with Crippen LogP contribution in [-0.4, -0.2) is 0 Å². The Morgan fingerprint density at radius 2 is 1.93 bits per heavy atom. The quantitative estimate of drug-likeness (QED) is 0.772. The molecular formula is C13H21NO. The van der Waals surface area contributed by atoms with E-state index in [0.717, 1.165) is 18.6 Å². The molecule has 0 bridgehead atoms. The molecule has 15 heavy (non-hydrogen) atoms. The predicted octanol–water partition coefficient (Wildman–Crippen LogP) is 3.19. The van der Waals surface area contributed by atoms with Crippen LogP contribution in [0.2, 0.25) is 0 Å². The Kier molecular flexibility index (Phi) is 3.75. The summed E-state index contributed by atoms with van der Waals surface area (Å²) in [4.78, 5) is 4.87. The van der Waals surface area contributed by atoms with Gasteiger partial charge in [-0.1, -0.05) is 46.2 Å². The first-order valence-corrected chi connectivity index (χ1v) is 5.49. The molecule has 84 valence electrons. The van der Waals surface area contributed by atoms with E-state index in [-0.39, 0.29) is 5.41 Å². The summed E-state index contributed by atoms with van der Waals surface area (Å²) in [5, 5.41) is 0. The van der Waals surface area contributed by atoms with E-state index in [9.17, 15) is 0 Å². The molecule has 1 aromatic carbocycles. The maximum atomic E-state index is 5.24. The summed E-state index contributed by atoms with van der Waals surface area (Å²) >= 11 is 0. The average molecular weight is 207 g/mol. The number of aryl methyl sites for hydroxylation is 1. The van der Waals surface area contributed by atoms with E-state index < -0.39 is 0 Å². The van der Waals surface area contributed by atoms with Crippen molar-refractivity contribution in [2.24, 2.45) is 5.90 Å². The summed E-state index contributed by atoms with van der Waals surface area (Å²) in [6, 6.07) is 6.25. The molecule has 0 aromatic heterocycles. The minimum Gasteiger partial charge on any atom is -0.411 e. The van der Waals surface area contributed by atoms with Crippen molar-refractivity contribution in [3.05, 3.63) is 29.3 Å². The Balaban J connectivity index is 3.10. The minimum atomic E-state index is 0.176. The summed E-state index contributed by atoms with van der Waals surface area (Å²) < 4.78 is 0. The van der Waals surface area contributed by atoms with Crippen molar-refractivity contribution in [1.82, 2.24) is 0 Å². The fraction of sp³-hybridized carbons (Fsp3) is 0.538. The van der Waals surface area contributed by atoms with Crippen LogP contribution in [0.5, 0.6) is 5.75 Å². The fourth-order valence-electron chi connectivity index (χ4n) is 1.63. The number of hydrogen-bond acceptors (Lipinski definition) is 2. The Bertz CT molecular complexity index is 326. The Hall–Kier alpha value is -1.02. The van der Waals surface area contributed by atoms with Crippen LogP contribution in [0, 0.1) is 0 Å². The molecule has 2 heteroatoms. The summed E-state index contributed by atoms with van der Waals surface area (Å²) in [7, 11) is 0. The van der Waals surface area contributed by atoms with Gasteiger partial charge < -0.3 is 4.84 Å². The van der Waals surface area contributed by atoms with Gasteiger partial charge in [-0.05, 0) is 29.0 Å². The van der Waals surface area contributed by atoms with Gasteiger partial charge in [0.15, 0.2) is 0 Å². The highest BCUT2D eigenvalue weighted by Crippen LogP contribution is 2.28. The Morgan fingerprint density at radius 1 is 1.27 bits per heavy atom. The second kappa shape index (κ2) is 4.67. The van der Waals surface area contributed by atoms with Crippen molar-refractivity contribution in [3.8, 4) is 5.75 Å². The number of nitrogens with two attached hydrogens (primary N) is 1. The van der Waals surface area contributed by atoms with Gasteiger partial charge in [0.2, 0.25) is 0 Å².